The molecule has 684 valence electrons. The third kappa shape index (κ3) is 22.6. The fourth-order valence-corrected chi connectivity index (χ4v) is 14.8. The average Bonchev–Trinajstić information content (AvgIpc) is 1.69. The monoisotopic (exact) mass is 1780 g/mol. The van der Waals surface area contributed by atoms with Gasteiger partial charge in [-0.2, -0.15) is 52.3 Å². The van der Waals surface area contributed by atoms with E-state index in [0.29, 0.717) is 140 Å². The molecule has 4 aromatic carbocycles. The van der Waals surface area contributed by atoms with Crippen molar-refractivity contribution in [2.24, 2.45) is 27.4 Å². The smallest absolute Gasteiger partial charge is 0.395 e. The van der Waals surface area contributed by atoms with Gasteiger partial charge in [-0.25, -0.2) is 58.7 Å². The standard InChI is InChI=1S/C22H27F4N5O2.C22H28F3N5O3.C21H27F2N5O2.C20H24F3N5O2/c1-21(2,3)18(19(32)27-4)28-20(33)31-16-8-9-30(5)11-14(16)17(29-31)13-7-6-12(10-15(13)23)22(24,25)26;1-22(2,3)19(20(32)26-6-8-31)27-21(33)30-17-5-7-29(4)11-13(17)18(28-30)12-9-15(24)16(25)10-14(12)23;1-21(2,3)18(19(29)24-4)25-20(30)28-16-8-9-27(5)11-13(16)17(26-28)12-6-7-14(22)15(23)10-12;1-20(2,3)17(18(24)29)25-19(30)28-15-5-6-27(4)9-11(15)16(26-28)10-7-13(22)14(23)8-12(10)21/h6-7,10,18H,8-9,11H2,1-5H3,(H,27,32)(H,28,33);9-10,19,31H,5-8,11H2,1-4H3,(H,26,32)(H,27,33);6-7,10,18H,8-9,11H2,1-5H3,(H,24,29)(H,25,30);7-8,17H,5-6,9H2,1-4H3,(H2,24,29)(H,25,30)/t18-;19-;18-;17-/m1111/s1. The van der Waals surface area contributed by atoms with E-state index in [-0.39, 0.29) is 58.7 Å². The van der Waals surface area contributed by atoms with Crippen molar-refractivity contribution < 1.29 is 96.1 Å². The van der Waals surface area contributed by atoms with Crippen molar-refractivity contribution in [3.05, 3.63) is 164 Å². The van der Waals surface area contributed by atoms with Crippen molar-refractivity contribution in [1.29, 1.82) is 0 Å². The van der Waals surface area contributed by atoms with Crippen LogP contribution in [-0.4, -0.2) is 217 Å². The number of rotatable bonds is 14. The van der Waals surface area contributed by atoms with Crippen molar-refractivity contribution in [3.8, 4) is 45.0 Å². The second-order valence-electron chi connectivity index (χ2n) is 35.6. The number of primary amides is 1. The van der Waals surface area contributed by atoms with Gasteiger partial charge in [0.1, 0.15) is 58.7 Å². The summed E-state index contributed by atoms with van der Waals surface area (Å²) in [5.74, 6) is -11.9. The average molecular weight is 1780 g/mol. The molecule has 0 unspecified atom stereocenters. The first-order valence-electron chi connectivity index (χ1n) is 40.2. The molecule has 4 aliphatic rings. The molecule has 4 aromatic heterocycles. The molecule has 0 bridgehead atoms. The first kappa shape index (κ1) is 98.2. The number of carbonyl (C=O) groups excluding carboxylic acids is 8. The number of benzene rings is 4. The Hall–Kier alpha value is -11.6. The Morgan fingerprint density at radius 1 is 0.389 bits per heavy atom. The number of carbonyl (C=O) groups is 8. The van der Waals surface area contributed by atoms with Crippen LogP contribution < -0.4 is 43.0 Å². The number of nitrogens with zero attached hydrogens (tertiary/aromatic N) is 12. The normalized spacial score (nSPS) is 15.5. The summed E-state index contributed by atoms with van der Waals surface area (Å²) in [6.07, 6.45) is -2.85. The highest BCUT2D eigenvalue weighted by Gasteiger charge is 2.42. The zero-order valence-corrected chi connectivity index (χ0v) is 73.2. The number of fused-ring (bicyclic) bond motifs is 4. The van der Waals surface area contributed by atoms with Gasteiger partial charge in [0.05, 0.1) is 40.6 Å². The quantitative estimate of drug-likeness (QED) is 0.0361. The number of nitrogens with one attached hydrogen (secondary N) is 7. The lowest BCUT2D eigenvalue weighted by Gasteiger charge is -2.30. The molecule has 0 radical (unpaired) electrons. The van der Waals surface area contributed by atoms with Crippen LogP contribution in [0, 0.1) is 74.0 Å². The molecule has 0 saturated carbocycles. The Kier molecular flexibility index (Phi) is 30.5. The van der Waals surface area contributed by atoms with Crippen LogP contribution in [0.3, 0.4) is 0 Å². The minimum absolute atomic E-state index is 0.0321. The number of aliphatic hydroxyl groups excluding tert-OH is 1. The van der Waals surface area contributed by atoms with E-state index in [1.807, 2.05) is 63.7 Å². The molecule has 4 aliphatic heterocycles. The van der Waals surface area contributed by atoms with Crippen molar-refractivity contribution in [1.82, 2.24) is 95.9 Å². The fraction of sp³-hybridized carbons (Fsp3) is 0.482. The van der Waals surface area contributed by atoms with Gasteiger partial charge in [-0.1, -0.05) is 83.1 Å². The minimum Gasteiger partial charge on any atom is -0.395 e. The third-order valence-electron chi connectivity index (χ3n) is 21.5. The Labute approximate surface area is 719 Å². The van der Waals surface area contributed by atoms with Crippen molar-refractivity contribution in [2.75, 3.05) is 81.6 Å². The van der Waals surface area contributed by atoms with E-state index < -0.39 is 146 Å². The van der Waals surface area contributed by atoms with Crippen LogP contribution >= 0.6 is 0 Å². The maximum absolute atomic E-state index is 14.7. The van der Waals surface area contributed by atoms with Gasteiger partial charge in [-0.15, -0.1) is 0 Å². The number of hydrogen-bond donors (Lipinski definition) is 9. The number of amides is 8. The molecule has 8 aromatic rings. The molecule has 8 heterocycles. The van der Waals surface area contributed by atoms with Gasteiger partial charge in [-0.05, 0) is 98.4 Å². The Morgan fingerprint density at radius 2 is 0.690 bits per heavy atom. The molecule has 0 fully saturated rings. The lowest BCUT2D eigenvalue weighted by atomic mass is 9.86. The maximum atomic E-state index is 14.7. The van der Waals surface area contributed by atoms with E-state index in [4.69, 9.17) is 10.8 Å². The third-order valence-corrected chi connectivity index (χ3v) is 21.5. The van der Waals surface area contributed by atoms with Crippen molar-refractivity contribution in [2.45, 2.75) is 165 Å². The van der Waals surface area contributed by atoms with Crippen LogP contribution in [0.15, 0.2) is 60.7 Å². The molecule has 0 aliphatic carbocycles. The number of nitrogens with two attached hydrogens (primary N) is 1. The highest BCUT2D eigenvalue weighted by Crippen LogP contribution is 2.40. The largest absolute Gasteiger partial charge is 0.416 e. The first-order chi connectivity index (χ1) is 58.6. The van der Waals surface area contributed by atoms with Gasteiger partial charge >= 0.3 is 30.3 Å². The molecule has 8 amide bonds. The molecular formula is C85H106F12N20O9. The highest BCUT2D eigenvalue weighted by molar-refractivity contribution is 5.92. The minimum atomic E-state index is -4.68. The van der Waals surface area contributed by atoms with E-state index in [2.05, 4.69) is 62.5 Å². The molecule has 41 heteroatoms. The second kappa shape index (κ2) is 39.1. The molecule has 126 heavy (non-hydrogen) atoms. The molecule has 10 N–H and O–H groups in total. The van der Waals surface area contributed by atoms with Gasteiger partial charge in [0.25, 0.3) is 0 Å². The Morgan fingerprint density at radius 3 is 1.00 bits per heavy atom. The van der Waals surface area contributed by atoms with E-state index >= 15 is 0 Å². The molecule has 4 atom stereocenters. The lowest BCUT2D eigenvalue weighted by molar-refractivity contribution is -0.137. The van der Waals surface area contributed by atoms with Gasteiger partial charge < -0.3 is 67.7 Å². The molecule has 29 nitrogen and oxygen atoms in total. The van der Waals surface area contributed by atoms with Crippen LogP contribution in [0.5, 0.6) is 0 Å². The van der Waals surface area contributed by atoms with Crippen LogP contribution in [-0.2, 0) is 77.2 Å². The second-order valence-corrected chi connectivity index (χ2v) is 35.6. The van der Waals surface area contributed by atoms with Crippen LogP contribution in [0.2, 0.25) is 0 Å². The van der Waals surface area contributed by atoms with Gasteiger partial charge in [0, 0.05) is 155 Å². The SMILES string of the molecule is CN1CCc2c(c(-c3cc(F)c(F)cc3F)nn2C(=O)N[C@H](C(=O)NCCO)C(C)(C)C)C1.CN1CCc2c(c(-c3cc(F)c(F)cc3F)nn2C(=O)N[C@H](C(N)=O)C(C)(C)C)C1.CNC(=O)[C@@H](NC(=O)n1nc(-c2ccc(C(F)(F)F)cc2F)c2c1CCN(C)C2)C(C)(C)C.CNC(=O)[C@@H](NC(=O)n1nc(-c2ccc(F)c(F)c2)c2c1CCN(C)C2)C(C)(C)C. The van der Waals surface area contributed by atoms with Gasteiger partial charge in [0.15, 0.2) is 34.9 Å². The molecule has 12 rings (SSSR count). The summed E-state index contributed by atoms with van der Waals surface area (Å²) >= 11 is 0. The lowest BCUT2D eigenvalue weighted by Crippen LogP contribution is -2.55. The number of aromatic nitrogens is 8. The van der Waals surface area contributed by atoms with E-state index in [1.54, 1.807) is 62.3 Å². The van der Waals surface area contributed by atoms with Gasteiger partial charge in [0.2, 0.25) is 23.6 Å². The summed E-state index contributed by atoms with van der Waals surface area (Å²) in [5, 5.41) is 44.6. The summed E-state index contributed by atoms with van der Waals surface area (Å²) in [7, 11) is 10.4. The van der Waals surface area contributed by atoms with Crippen LogP contribution in [0.4, 0.5) is 71.9 Å². The molecule has 0 saturated heterocycles. The number of likely N-dealkylation sites (N-methyl/N-ethyl adjacent to an activating group) is 6. The Balaban J connectivity index is 0.000000190. The van der Waals surface area contributed by atoms with E-state index in [9.17, 15) is 91.0 Å². The topological polar surface area (TPSA) is 351 Å². The molecular weight excluding hydrogens is 1670 g/mol. The summed E-state index contributed by atoms with van der Waals surface area (Å²) in [6.45, 7) is 25.4. The van der Waals surface area contributed by atoms with Crippen LogP contribution in [0.1, 0.15) is 134 Å². The fourth-order valence-electron chi connectivity index (χ4n) is 14.8. The van der Waals surface area contributed by atoms with E-state index in [1.165, 1.54) is 24.8 Å². The number of aliphatic hydroxyl groups is 1. The Bertz CT molecular complexity index is 5440. The van der Waals surface area contributed by atoms with E-state index in [0.717, 1.165) is 62.6 Å². The van der Waals surface area contributed by atoms with Crippen LogP contribution in [0.25, 0.3) is 45.0 Å². The highest BCUT2D eigenvalue weighted by atomic mass is 19.4. The molecule has 0 spiro atoms. The predicted molar refractivity (Wildman–Crippen MR) is 442 cm³/mol. The predicted octanol–water partition coefficient (Wildman–Crippen LogP) is 10.4. The first-order valence-corrected chi connectivity index (χ1v) is 40.2. The van der Waals surface area contributed by atoms with Crippen molar-refractivity contribution >= 4 is 47.8 Å². The van der Waals surface area contributed by atoms with Gasteiger partial charge in [-0.3, -0.25) is 19.2 Å². The maximum Gasteiger partial charge on any atom is 0.416 e. The summed E-state index contributed by atoms with van der Waals surface area (Å²) in [6, 6.07) is 1.99. The number of hydrogen-bond acceptors (Lipinski definition) is 17. The summed E-state index contributed by atoms with van der Waals surface area (Å²) in [4.78, 5) is 109. The summed E-state index contributed by atoms with van der Waals surface area (Å²) < 4.78 is 169. The summed E-state index contributed by atoms with van der Waals surface area (Å²) in [5.41, 5.74) is 6.96. The number of halogens is 12. The number of alkyl halides is 3. The zero-order chi connectivity index (χ0) is 93.8. The van der Waals surface area contributed by atoms with Crippen molar-refractivity contribution in [3.63, 3.8) is 0 Å². The zero-order valence-electron chi connectivity index (χ0n) is 73.2.